The lowest BCUT2D eigenvalue weighted by atomic mass is 10.0. The van der Waals surface area contributed by atoms with E-state index in [0.29, 0.717) is 17.4 Å². The molecule has 158 valence electrons. The number of piperidine rings is 1. The molecule has 0 bridgehead atoms. The number of carbonyl (C=O) groups excluding carboxylic acids is 1. The Morgan fingerprint density at radius 3 is 2.77 bits per heavy atom. The van der Waals surface area contributed by atoms with Crippen molar-refractivity contribution in [3.8, 4) is 0 Å². The molecule has 0 N–H and O–H groups in total. The number of piperazine rings is 1. The highest BCUT2D eigenvalue weighted by Crippen LogP contribution is 2.25. The van der Waals surface area contributed by atoms with Gasteiger partial charge in [-0.1, -0.05) is 12.1 Å². The van der Waals surface area contributed by atoms with Gasteiger partial charge in [0.15, 0.2) is 4.96 Å². The highest BCUT2D eigenvalue weighted by atomic mass is 32.1. The van der Waals surface area contributed by atoms with Gasteiger partial charge in [-0.15, -0.1) is 11.3 Å². The number of amides is 1. The van der Waals surface area contributed by atoms with Gasteiger partial charge in [-0.05, 0) is 31.9 Å². The Kier molecular flexibility index (Phi) is 5.20. The monoisotopic (exact) mass is 427 g/mol. The second-order valence-electron chi connectivity index (χ2n) is 8.12. The van der Waals surface area contributed by atoms with Crippen LogP contribution in [-0.4, -0.2) is 70.4 Å². The minimum absolute atomic E-state index is 0.0769. The Balaban J connectivity index is 1.25. The third kappa shape index (κ3) is 3.48. The summed E-state index contributed by atoms with van der Waals surface area (Å²) in [5.74, 6) is -0.0793. The van der Waals surface area contributed by atoms with Crippen LogP contribution in [0.15, 0.2) is 35.8 Å². The van der Waals surface area contributed by atoms with Gasteiger partial charge in [0.1, 0.15) is 11.5 Å². The van der Waals surface area contributed by atoms with Crippen molar-refractivity contribution in [2.24, 2.45) is 0 Å². The number of rotatable bonds is 3. The number of para-hydroxylation sites is 1. The number of nitrogens with zero attached hydrogens (tertiary/aromatic N) is 5. The van der Waals surface area contributed by atoms with Crippen molar-refractivity contribution in [3.63, 3.8) is 0 Å². The van der Waals surface area contributed by atoms with Gasteiger partial charge in [-0.25, -0.2) is 9.37 Å². The van der Waals surface area contributed by atoms with Gasteiger partial charge in [-0.2, -0.15) is 0 Å². The third-order valence-electron chi connectivity index (χ3n) is 6.35. The van der Waals surface area contributed by atoms with Gasteiger partial charge in [0.2, 0.25) is 0 Å². The van der Waals surface area contributed by atoms with E-state index < -0.39 is 0 Å². The molecular weight excluding hydrogens is 401 g/mol. The van der Waals surface area contributed by atoms with E-state index in [1.807, 2.05) is 39.9 Å². The second-order valence-corrected chi connectivity index (χ2v) is 9.00. The van der Waals surface area contributed by atoms with Crippen LogP contribution in [0.1, 0.15) is 29.0 Å². The first-order valence-corrected chi connectivity index (χ1v) is 11.4. The molecule has 30 heavy (non-hydrogen) atoms. The summed E-state index contributed by atoms with van der Waals surface area (Å²) in [4.78, 5) is 25.3. The van der Waals surface area contributed by atoms with Crippen molar-refractivity contribution >= 4 is 27.9 Å². The number of likely N-dealkylation sites (tertiary alicyclic amines) is 1. The molecule has 2 aliphatic heterocycles. The fourth-order valence-corrected chi connectivity index (χ4v) is 5.53. The molecule has 1 amide bonds. The zero-order chi connectivity index (χ0) is 20.7. The number of aryl methyl sites for hydroxylation is 1. The number of anilines is 1. The topological polar surface area (TPSA) is 44.1 Å². The molecule has 2 fully saturated rings. The summed E-state index contributed by atoms with van der Waals surface area (Å²) in [6.45, 7) is 6.85. The maximum Gasteiger partial charge on any atom is 0.272 e. The van der Waals surface area contributed by atoms with E-state index in [-0.39, 0.29) is 11.7 Å². The number of carbonyl (C=O) groups is 1. The Morgan fingerprint density at radius 2 is 1.97 bits per heavy atom. The lowest BCUT2D eigenvalue weighted by Crippen LogP contribution is -2.56. The molecule has 2 aromatic heterocycles. The first kappa shape index (κ1) is 19.5. The van der Waals surface area contributed by atoms with Crippen LogP contribution in [-0.2, 0) is 0 Å². The fraction of sp³-hybridized carbons (Fsp3) is 0.455. The maximum absolute atomic E-state index is 14.1. The van der Waals surface area contributed by atoms with Crippen molar-refractivity contribution < 1.29 is 9.18 Å². The van der Waals surface area contributed by atoms with Crippen LogP contribution in [0.25, 0.3) is 4.96 Å². The van der Waals surface area contributed by atoms with Crippen molar-refractivity contribution in [2.75, 3.05) is 44.2 Å². The Morgan fingerprint density at radius 1 is 1.17 bits per heavy atom. The lowest BCUT2D eigenvalue weighted by Gasteiger charge is -2.44. The summed E-state index contributed by atoms with van der Waals surface area (Å²) in [5, 5.41) is 1.96. The predicted octanol–water partition coefficient (Wildman–Crippen LogP) is 3.27. The van der Waals surface area contributed by atoms with Gasteiger partial charge in [-0.3, -0.25) is 14.1 Å². The molecule has 3 aromatic rings. The molecule has 2 aliphatic rings. The zero-order valence-corrected chi connectivity index (χ0v) is 17.9. The Labute approximate surface area is 179 Å². The average Bonchev–Trinajstić information content (AvgIpc) is 3.34. The molecule has 8 heteroatoms. The normalized spacial score (nSPS) is 20.8. The van der Waals surface area contributed by atoms with Crippen LogP contribution in [0.2, 0.25) is 0 Å². The van der Waals surface area contributed by atoms with Gasteiger partial charge < -0.3 is 9.80 Å². The predicted molar refractivity (Wildman–Crippen MR) is 117 cm³/mol. The van der Waals surface area contributed by atoms with Crippen LogP contribution >= 0.6 is 11.3 Å². The highest BCUT2D eigenvalue weighted by Gasteiger charge is 2.32. The second kappa shape index (κ2) is 8.00. The van der Waals surface area contributed by atoms with Crippen LogP contribution < -0.4 is 4.90 Å². The number of benzene rings is 1. The van der Waals surface area contributed by atoms with Crippen LogP contribution in [0.4, 0.5) is 10.1 Å². The quantitative estimate of drug-likeness (QED) is 0.644. The van der Waals surface area contributed by atoms with Crippen molar-refractivity contribution in [3.05, 3.63) is 53.0 Å². The standard InChI is InChI=1S/C22H26FN5OS/c1-16-20(28-13-14-30-22(28)24-16)21(29)27-8-4-5-17(15-27)25-9-11-26(12-10-25)19-7-3-2-6-18(19)23/h2-3,6-7,13-14,17H,4-5,8-12,15H2,1H3/t17-/m0/s1. The summed E-state index contributed by atoms with van der Waals surface area (Å²) in [6, 6.07) is 7.35. The minimum Gasteiger partial charge on any atom is -0.367 e. The molecule has 1 atom stereocenters. The molecule has 5 rings (SSSR count). The van der Waals surface area contributed by atoms with Crippen LogP contribution in [0.5, 0.6) is 0 Å². The van der Waals surface area contributed by atoms with Gasteiger partial charge in [0.05, 0.1) is 11.4 Å². The lowest BCUT2D eigenvalue weighted by molar-refractivity contribution is 0.0556. The summed E-state index contributed by atoms with van der Waals surface area (Å²) >= 11 is 1.55. The summed E-state index contributed by atoms with van der Waals surface area (Å²) < 4.78 is 16.0. The molecule has 1 aromatic carbocycles. The summed E-state index contributed by atoms with van der Waals surface area (Å²) in [7, 11) is 0. The number of hydrogen-bond acceptors (Lipinski definition) is 5. The SMILES string of the molecule is Cc1nc2sccn2c1C(=O)N1CCC[C@H](N2CCN(c3ccccc3F)CC2)C1. The molecule has 4 heterocycles. The van der Waals surface area contributed by atoms with E-state index in [1.54, 1.807) is 17.4 Å². The molecule has 0 saturated carbocycles. The number of aromatic nitrogens is 2. The van der Waals surface area contributed by atoms with E-state index in [0.717, 1.165) is 62.8 Å². The molecule has 2 saturated heterocycles. The number of imidazole rings is 1. The number of hydrogen-bond donors (Lipinski definition) is 0. The van der Waals surface area contributed by atoms with Crippen molar-refractivity contribution in [1.29, 1.82) is 0 Å². The average molecular weight is 428 g/mol. The largest absolute Gasteiger partial charge is 0.367 e. The number of fused-ring (bicyclic) bond motifs is 1. The van der Waals surface area contributed by atoms with Crippen LogP contribution in [0.3, 0.4) is 0 Å². The minimum atomic E-state index is -0.156. The third-order valence-corrected chi connectivity index (χ3v) is 7.10. The number of halogens is 1. The first-order valence-electron chi connectivity index (χ1n) is 10.6. The van der Waals surface area contributed by atoms with E-state index in [9.17, 15) is 9.18 Å². The maximum atomic E-state index is 14.1. The summed E-state index contributed by atoms with van der Waals surface area (Å²) in [6.07, 6.45) is 4.04. The van der Waals surface area contributed by atoms with E-state index in [2.05, 4.69) is 14.8 Å². The molecule has 6 nitrogen and oxygen atoms in total. The van der Waals surface area contributed by atoms with Gasteiger partial charge in [0, 0.05) is 56.9 Å². The smallest absolute Gasteiger partial charge is 0.272 e. The molecule has 0 unspecified atom stereocenters. The molecule has 0 spiro atoms. The molecule has 0 radical (unpaired) electrons. The molecule has 0 aliphatic carbocycles. The fourth-order valence-electron chi connectivity index (χ4n) is 4.77. The first-order chi connectivity index (χ1) is 14.6. The highest BCUT2D eigenvalue weighted by molar-refractivity contribution is 7.15. The van der Waals surface area contributed by atoms with Crippen LogP contribution in [0, 0.1) is 12.7 Å². The summed E-state index contributed by atoms with van der Waals surface area (Å²) in [5.41, 5.74) is 2.18. The molecular formula is C22H26FN5OS. The van der Waals surface area contributed by atoms with Gasteiger partial charge in [0.25, 0.3) is 5.91 Å². The van der Waals surface area contributed by atoms with E-state index >= 15 is 0 Å². The van der Waals surface area contributed by atoms with Crippen molar-refractivity contribution in [1.82, 2.24) is 19.2 Å². The van der Waals surface area contributed by atoms with E-state index in [4.69, 9.17) is 0 Å². The number of thiazole rings is 1. The Hall–Kier alpha value is -2.45. The van der Waals surface area contributed by atoms with E-state index in [1.165, 1.54) is 6.07 Å². The Bertz CT molecular complexity index is 1050. The zero-order valence-electron chi connectivity index (χ0n) is 17.1. The van der Waals surface area contributed by atoms with Crippen molar-refractivity contribution in [2.45, 2.75) is 25.8 Å². The van der Waals surface area contributed by atoms with Gasteiger partial charge >= 0.3 is 0 Å².